The first-order valence-corrected chi connectivity index (χ1v) is 10.6. The Bertz CT molecular complexity index is 729. The minimum absolute atomic E-state index is 0.215. The van der Waals surface area contributed by atoms with Crippen molar-refractivity contribution in [1.29, 1.82) is 0 Å². The zero-order chi connectivity index (χ0) is 19.2. The van der Waals surface area contributed by atoms with Crippen molar-refractivity contribution in [1.82, 2.24) is 10.2 Å². The Morgan fingerprint density at radius 3 is 2.78 bits per heavy atom. The van der Waals surface area contributed by atoms with Crippen molar-refractivity contribution in [3.63, 3.8) is 0 Å². The van der Waals surface area contributed by atoms with Gasteiger partial charge >= 0.3 is 0 Å². The molecule has 1 aliphatic heterocycles. The number of nitrogens with zero attached hydrogens (tertiary/aromatic N) is 1. The minimum Gasteiger partial charge on any atom is -0.493 e. The zero-order valence-electron chi connectivity index (χ0n) is 16.4. The molecule has 4 nitrogen and oxygen atoms in total. The van der Waals surface area contributed by atoms with Crippen LogP contribution >= 0.6 is 12.2 Å². The van der Waals surface area contributed by atoms with E-state index < -0.39 is 0 Å². The number of benzene rings is 1. The van der Waals surface area contributed by atoms with Gasteiger partial charge in [-0.25, -0.2) is 0 Å². The van der Waals surface area contributed by atoms with Crippen LogP contribution in [0, 0.1) is 0 Å². The molecule has 0 bridgehead atoms. The molecule has 1 aliphatic carbocycles. The van der Waals surface area contributed by atoms with Gasteiger partial charge < -0.3 is 15.0 Å². The van der Waals surface area contributed by atoms with Crippen LogP contribution in [0.2, 0.25) is 0 Å². The van der Waals surface area contributed by atoms with Gasteiger partial charge in [-0.05, 0) is 37.5 Å². The van der Waals surface area contributed by atoms with Gasteiger partial charge in [0.15, 0.2) is 10.9 Å². The molecule has 0 saturated carbocycles. The molecule has 0 aromatic heterocycles. The van der Waals surface area contributed by atoms with Gasteiger partial charge in [0.05, 0.1) is 12.6 Å². The molecular formula is C22H30N2O2S. The molecule has 0 fully saturated rings. The van der Waals surface area contributed by atoms with Gasteiger partial charge in [0.2, 0.25) is 0 Å². The highest BCUT2D eigenvalue weighted by molar-refractivity contribution is 7.80. The highest BCUT2D eigenvalue weighted by Gasteiger charge is 2.36. The molecule has 0 spiro atoms. The van der Waals surface area contributed by atoms with E-state index in [9.17, 15) is 4.79 Å². The van der Waals surface area contributed by atoms with Gasteiger partial charge in [-0.15, -0.1) is 0 Å². The predicted octanol–water partition coefficient (Wildman–Crippen LogP) is 4.90. The van der Waals surface area contributed by atoms with Crippen LogP contribution in [0.5, 0.6) is 5.75 Å². The first-order valence-electron chi connectivity index (χ1n) is 10.2. The number of hydrogen-bond acceptors (Lipinski definition) is 3. The Balaban J connectivity index is 1.80. The van der Waals surface area contributed by atoms with Gasteiger partial charge in [0.1, 0.15) is 5.75 Å². The molecule has 1 heterocycles. The zero-order valence-corrected chi connectivity index (χ0v) is 17.2. The van der Waals surface area contributed by atoms with E-state index in [0.29, 0.717) is 18.1 Å². The number of para-hydroxylation sites is 1. The number of unbranched alkanes of at least 4 members (excludes halogenated alkanes) is 4. The molecule has 0 radical (unpaired) electrons. The summed E-state index contributed by atoms with van der Waals surface area (Å²) in [6.07, 6.45) is 8.45. The fourth-order valence-electron chi connectivity index (χ4n) is 3.91. The third-order valence-electron chi connectivity index (χ3n) is 5.43. The van der Waals surface area contributed by atoms with E-state index in [1.54, 1.807) is 0 Å². The first kappa shape index (κ1) is 19.9. The second-order valence-corrected chi connectivity index (χ2v) is 7.77. The lowest BCUT2D eigenvalue weighted by Crippen LogP contribution is -2.47. The molecule has 1 unspecified atom stereocenters. The van der Waals surface area contributed by atoms with Crippen molar-refractivity contribution < 1.29 is 9.53 Å². The quantitative estimate of drug-likeness (QED) is 0.508. The van der Waals surface area contributed by atoms with E-state index in [1.165, 1.54) is 25.7 Å². The Morgan fingerprint density at radius 1 is 1.19 bits per heavy atom. The number of nitrogens with one attached hydrogen (secondary N) is 1. The van der Waals surface area contributed by atoms with Crippen molar-refractivity contribution in [2.24, 2.45) is 0 Å². The van der Waals surface area contributed by atoms with Crippen LogP contribution in [0.1, 0.15) is 69.9 Å². The van der Waals surface area contributed by atoms with Gasteiger partial charge in [-0.2, -0.15) is 0 Å². The van der Waals surface area contributed by atoms with Crippen LogP contribution < -0.4 is 10.1 Å². The third kappa shape index (κ3) is 4.52. The molecule has 27 heavy (non-hydrogen) atoms. The van der Waals surface area contributed by atoms with Crippen LogP contribution in [0.25, 0.3) is 0 Å². The second kappa shape index (κ2) is 9.36. The number of carbonyl (C=O) groups is 1. The molecular weight excluding hydrogens is 356 g/mol. The average molecular weight is 387 g/mol. The summed E-state index contributed by atoms with van der Waals surface area (Å²) in [6.45, 7) is 2.93. The second-order valence-electron chi connectivity index (χ2n) is 7.38. The lowest BCUT2D eigenvalue weighted by atomic mass is 9.84. The average Bonchev–Trinajstić information content (AvgIpc) is 2.68. The van der Waals surface area contributed by atoms with Crippen molar-refractivity contribution >= 4 is 23.1 Å². The topological polar surface area (TPSA) is 41.6 Å². The molecule has 0 saturated heterocycles. The molecule has 2 aliphatic rings. The number of allylic oxidation sites excluding steroid dienone is 1. The number of carbonyl (C=O) groups excluding carboxylic acids is 1. The number of Topliss-reactive ketones (excluding diaryl/α,β-unsaturated/α-hetero) is 1. The van der Waals surface area contributed by atoms with Crippen LogP contribution in [0.3, 0.4) is 0 Å². The highest BCUT2D eigenvalue weighted by Crippen LogP contribution is 2.39. The lowest BCUT2D eigenvalue weighted by molar-refractivity contribution is -0.116. The van der Waals surface area contributed by atoms with Crippen LogP contribution in [0.15, 0.2) is 35.5 Å². The Kier molecular flexibility index (Phi) is 6.89. The van der Waals surface area contributed by atoms with Crippen LogP contribution in [-0.4, -0.2) is 29.5 Å². The number of hydrogen-bond donors (Lipinski definition) is 1. The molecule has 3 rings (SSSR count). The van der Waals surface area contributed by atoms with E-state index in [0.717, 1.165) is 41.8 Å². The van der Waals surface area contributed by atoms with Crippen molar-refractivity contribution in [3.8, 4) is 5.75 Å². The van der Waals surface area contributed by atoms with Crippen molar-refractivity contribution in [3.05, 3.63) is 41.1 Å². The van der Waals surface area contributed by atoms with E-state index in [4.69, 9.17) is 17.0 Å². The van der Waals surface area contributed by atoms with Gasteiger partial charge in [-0.1, -0.05) is 50.8 Å². The Labute approximate surface area is 168 Å². The molecule has 1 atom stereocenters. The molecule has 1 aromatic rings. The summed E-state index contributed by atoms with van der Waals surface area (Å²) in [5, 5.41) is 4.04. The van der Waals surface area contributed by atoms with E-state index in [-0.39, 0.29) is 11.8 Å². The summed E-state index contributed by atoms with van der Waals surface area (Å²) >= 11 is 5.53. The SMILES string of the molecule is CCCCCCCOc1ccccc1C1NC(=S)N(C)C2=C1C(=O)CCC2. The lowest BCUT2D eigenvalue weighted by Gasteiger charge is -2.39. The van der Waals surface area contributed by atoms with E-state index >= 15 is 0 Å². The molecule has 5 heteroatoms. The smallest absolute Gasteiger partial charge is 0.173 e. The maximum Gasteiger partial charge on any atom is 0.173 e. The summed E-state index contributed by atoms with van der Waals surface area (Å²) in [6, 6.07) is 7.82. The number of ketones is 1. The summed E-state index contributed by atoms with van der Waals surface area (Å²) in [4.78, 5) is 14.7. The fraction of sp³-hybridized carbons (Fsp3) is 0.545. The molecule has 146 valence electrons. The van der Waals surface area contributed by atoms with Gasteiger partial charge in [-0.3, -0.25) is 4.79 Å². The Hall–Kier alpha value is -1.88. The van der Waals surface area contributed by atoms with E-state index in [2.05, 4.69) is 12.2 Å². The third-order valence-corrected chi connectivity index (χ3v) is 5.82. The predicted molar refractivity (Wildman–Crippen MR) is 113 cm³/mol. The maximum atomic E-state index is 12.7. The summed E-state index contributed by atoms with van der Waals surface area (Å²) in [5.41, 5.74) is 2.93. The van der Waals surface area contributed by atoms with Crippen LogP contribution in [0.4, 0.5) is 0 Å². The van der Waals surface area contributed by atoms with Gasteiger partial charge in [0, 0.05) is 30.3 Å². The molecule has 0 amide bonds. The molecule has 1 N–H and O–H groups in total. The van der Waals surface area contributed by atoms with Gasteiger partial charge in [0.25, 0.3) is 0 Å². The fourth-order valence-corrected chi connectivity index (χ4v) is 4.14. The monoisotopic (exact) mass is 386 g/mol. The standard InChI is InChI=1S/C22H30N2O2S/c1-3-4-5-6-9-15-26-19-14-8-7-11-16(19)21-20-17(12-10-13-18(20)25)24(2)22(27)23-21/h7-8,11,14,21H,3-6,9-10,12-13,15H2,1-2H3,(H,23,27). The summed E-state index contributed by atoms with van der Waals surface area (Å²) in [5.74, 6) is 1.07. The maximum absolute atomic E-state index is 12.7. The first-order chi connectivity index (χ1) is 13.1. The number of ether oxygens (including phenoxy) is 1. The summed E-state index contributed by atoms with van der Waals surface area (Å²) < 4.78 is 6.12. The molecule has 1 aromatic carbocycles. The summed E-state index contributed by atoms with van der Waals surface area (Å²) in [7, 11) is 1.94. The van der Waals surface area contributed by atoms with E-state index in [1.807, 2.05) is 36.2 Å². The number of thiocarbonyl (C=S) groups is 1. The van der Waals surface area contributed by atoms with Crippen molar-refractivity contribution in [2.45, 2.75) is 64.3 Å². The normalized spacial score (nSPS) is 19.8. The Morgan fingerprint density at radius 2 is 1.96 bits per heavy atom. The number of rotatable bonds is 8. The van der Waals surface area contributed by atoms with Crippen molar-refractivity contribution in [2.75, 3.05) is 13.7 Å². The van der Waals surface area contributed by atoms with Crippen LogP contribution in [-0.2, 0) is 4.79 Å². The largest absolute Gasteiger partial charge is 0.493 e. The highest BCUT2D eigenvalue weighted by atomic mass is 32.1. The minimum atomic E-state index is -0.215.